The number of halogens is 3. The van der Waals surface area contributed by atoms with Crippen LogP contribution in [0, 0.1) is 6.92 Å². The lowest BCUT2D eigenvalue weighted by Gasteiger charge is -2.18. The molecule has 4 heteroatoms. The first-order chi connectivity index (χ1) is 9.37. The number of hydrogen-bond acceptors (Lipinski definition) is 1. The lowest BCUT2D eigenvalue weighted by atomic mass is 9.92. The fourth-order valence-electron chi connectivity index (χ4n) is 2.09. The molecule has 0 aliphatic carbocycles. The van der Waals surface area contributed by atoms with Crippen LogP contribution in [0.15, 0.2) is 48.5 Å². The third kappa shape index (κ3) is 3.53. The van der Waals surface area contributed by atoms with Crippen molar-refractivity contribution in [1.82, 2.24) is 0 Å². The summed E-state index contributed by atoms with van der Waals surface area (Å²) >= 11 is 0. The maximum Gasteiger partial charge on any atom is 0.573 e. The minimum atomic E-state index is -4.68. The topological polar surface area (TPSA) is 9.23 Å². The minimum Gasteiger partial charge on any atom is -0.405 e. The Morgan fingerprint density at radius 2 is 1.55 bits per heavy atom. The highest BCUT2D eigenvalue weighted by Crippen LogP contribution is 2.34. The van der Waals surface area contributed by atoms with Crippen LogP contribution in [-0.2, 0) is 0 Å². The molecule has 20 heavy (non-hydrogen) atoms. The molecule has 2 rings (SSSR count). The Kier molecular flexibility index (Phi) is 4.02. The normalized spacial score (nSPS) is 13.1. The van der Waals surface area contributed by atoms with Crippen LogP contribution in [0.5, 0.6) is 5.75 Å². The molecule has 1 unspecified atom stereocenters. The third-order valence-corrected chi connectivity index (χ3v) is 3.19. The number of rotatable bonds is 3. The van der Waals surface area contributed by atoms with Crippen molar-refractivity contribution in [3.8, 4) is 5.75 Å². The molecule has 0 heterocycles. The SMILES string of the molecule is Cc1ccc(C(C)c2ccccc2OC(F)(F)F)cc1. The van der Waals surface area contributed by atoms with Gasteiger partial charge in [0.2, 0.25) is 0 Å². The maximum atomic E-state index is 12.4. The fraction of sp³-hybridized carbons (Fsp3) is 0.250. The van der Waals surface area contributed by atoms with Gasteiger partial charge in [-0.05, 0) is 18.6 Å². The van der Waals surface area contributed by atoms with Gasteiger partial charge in [-0.25, -0.2) is 0 Å². The zero-order valence-corrected chi connectivity index (χ0v) is 11.2. The van der Waals surface area contributed by atoms with Crippen molar-refractivity contribution in [2.75, 3.05) is 0 Å². The van der Waals surface area contributed by atoms with E-state index in [1.807, 2.05) is 38.1 Å². The quantitative estimate of drug-likeness (QED) is 0.764. The van der Waals surface area contributed by atoms with Gasteiger partial charge in [-0.2, -0.15) is 0 Å². The Hall–Kier alpha value is -1.97. The van der Waals surface area contributed by atoms with Crippen molar-refractivity contribution in [3.05, 3.63) is 65.2 Å². The lowest BCUT2D eigenvalue weighted by Crippen LogP contribution is -2.18. The molecule has 0 aromatic heterocycles. The molecule has 0 N–H and O–H groups in total. The molecule has 106 valence electrons. The molecule has 1 nitrogen and oxygen atoms in total. The van der Waals surface area contributed by atoms with E-state index in [-0.39, 0.29) is 11.7 Å². The number of alkyl halides is 3. The summed E-state index contributed by atoms with van der Waals surface area (Å²) in [5, 5.41) is 0. The van der Waals surface area contributed by atoms with E-state index in [1.165, 1.54) is 12.1 Å². The molecule has 0 spiro atoms. The molecule has 0 radical (unpaired) electrons. The average molecular weight is 280 g/mol. The monoisotopic (exact) mass is 280 g/mol. The minimum absolute atomic E-state index is 0.145. The summed E-state index contributed by atoms with van der Waals surface area (Å²) in [6.45, 7) is 3.83. The molecule has 2 aromatic rings. The molecule has 0 fully saturated rings. The molecular weight excluding hydrogens is 265 g/mol. The first-order valence-electron chi connectivity index (χ1n) is 6.28. The van der Waals surface area contributed by atoms with Gasteiger partial charge in [-0.3, -0.25) is 0 Å². The van der Waals surface area contributed by atoms with Crippen molar-refractivity contribution in [1.29, 1.82) is 0 Å². The van der Waals surface area contributed by atoms with Crippen molar-refractivity contribution < 1.29 is 17.9 Å². The van der Waals surface area contributed by atoms with Crippen LogP contribution in [0.25, 0.3) is 0 Å². The van der Waals surface area contributed by atoms with E-state index in [0.717, 1.165) is 11.1 Å². The summed E-state index contributed by atoms with van der Waals surface area (Å²) in [6.07, 6.45) is -4.68. The fourth-order valence-corrected chi connectivity index (χ4v) is 2.09. The van der Waals surface area contributed by atoms with Gasteiger partial charge in [0.15, 0.2) is 0 Å². The predicted molar refractivity (Wildman–Crippen MR) is 71.8 cm³/mol. The maximum absolute atomic E-state index is 12.4. The van der Waals surface area contributed by atoms with Gasteiger partial charge in [0.25, 0.3) is 0 Å². The van der Waals surface area contributed by atoms with Gasteiger partial charge < -0.3 is 4.74 Å². The Morgan fingerprint density at radius 3 is 2.15 bits per heavy atom. The van der Waals surface area contributed by atoms with E-state index in [9.17, 15) is 13.2 Å². The van der Waals surface area contributed by atoms with E-state index in [2.05, 4.69) is 4.74 Å². The van der Waals surface area contributed by atoms with E-state index in [1.54, 1.807) is 12.1 Å². The molecule has 0 saturated heterocycles. The van der Waals surface area contributed by atoms with E-state index in [4.69, 9.17) is 0 Å². The van der Waals surface area contributed by atoms with Gasteiger partial charge in [-0.1, -0.05) is 55.0 Å². The molecule has 0 aliphatic heterocycles. The molecule has 0 bridgehead atoms. The number of ether oxygens (including phenoxy) is 1. The van der Waals surface area contributed by atoms with Gasteiger partial charge in [0.05, 0.1) is 0 Å². The van der Waals surface area contributed by atoms with Crippen LogP contribution in [-0.4, -0.2) is 6.36 Å². The molecular formula is C16H15F3O. The molecule has 1 atom stereocenters. The van der Waals surface area contributed by atoms with Gasteiger partial charge in [-0.15, -0.1) is 13.2 Å². The van der Waals surface area contributed by atoms with E-state index in [0.29, 0.717) is 5.56 Å². The van der Waals surface area contributed by atoms with Gasteiger partial charge in [0.1, 0.15) is 5.75 Å². The second-order valence-corrected chi connectivity index (χ2v) is 4.72. The van der Waals surface area contributed by atoms with Crippen LogP contribution in [0.4, 0.5) is 13.2 Å². The lowest BCUT2D eigenvalue weighted by molar-refractivity contribution is -0.274. The van der Waals surface area contributed by atoms with Crippen LogP contribution < -0.4 is 4.74 Å². The van der Waals surface area contributed by atoms with E-state index >= 15 is 0 Å². The standard InChI is InChI=1S/C16H15F3O/c1-11-7-9-13(10-8-11)12(2)14-5-3-4-6-15(14)20-16(17,18)19/h3-10,12H,1-2H3. The largest absolute Gasteiger partial charge is 0.573 e. The molecule has 2 aromatic carbocycles. The smallest absolute Gasteiger partial charge is 0.405 e. The van der Waals surface area contributed by atoms with Crippen molar-refractivity contribution in [3.63, 3.8) is 0 Å². The first-order valence-corrected chi connectivity index (χ1v) is 6.28. The number of benzene rings is 2. The summed E-state index contributed by atoms with van der Waals surface area (Å²) in [5.41, 5.74) is 2.59. The Labute approximate surface area is 116 Å². The summed E-state index contributed by atoms with van der Waals surface area (Å²) < 4.78 is 41.4. The van der Waals surface area contributed by atoms with Crippen molar-refractivity contribution in [2.45, 2.75) is 26.1 Å². The van der Waals surface area contributed by atoms with Gasteiger partial charge >= 0.3 is 6.36 Å². The molecule has 0 amide bonds. The highest BCUT2D eigenvalue weighted by molar-refractivity contribution is 5.42. The van der Waals surface area contributed by atoms with Crippen LogP contribution in [0.3, 0.4) is 0 Å². The second-order valence-electron chi connectivity index (χ2n) is 4.72. The van der Waals surface area contributed by atoms with Crippen molar-refractivity contribution >= 4 is 0 Å². The summed E-state index contributed by atoms with van der Waals surface area (Å²) in [6, 6.07) is 14.0. The molecule has 0 saturated carbocycles. The number of aryl methyl sites for hydroxylation is 1. The van der Waals surface area contributed by atoms with E-state index < -0.39 is 6.36 Å². The average Bonchev–Trinajstić information content (AvgIpc) is 2.37. The van der Waals surface area contributed by atoms with Crippen molar-refractivity contribution in [2.24, 2.45) is 0 Å². The molecule has 0 aliphatic rings. The van der Waals surface area contributed by atoms with Crippen LogP contribution in [0.2, 0.25) is 0 Å². The highest BCUT2D eigenvalue weighted by atomic mass is 19.4. The Bertz CT molecular complexity index is 573. The second kappa shape index (κ2) is 5.57. The first kappa shape index (κ1) is 14.4. The van der Waals surface area contributed by atoms with Crippen LogP contribution in [0.1, 0.15) is 29.5 Å². The zero-order valence-electron chi connectivity index (χ0n) is 11.2. The Balaban J connectivity index is 2.34. The van der Waals surface area contributed by atoms with Crippen LogP contribution >= 0.6 is 0 Å². The summed E-state index contributed by atoms with van der Waals surface area (Å²) in [4.78, 5) is 0. The Morgan fingerprint density at radius 1 is 0.950 bits per heavy atom. The summed E-state index contributed by atoms with van der Waals surface area (Å²) in [7, 11) is 0. The third-order valence-electron chi connectivity index (χ3n) is 3.19. The number of para-hydroxylation sites is 1. The number of hydrogen-bond donors (Lipinski definition) is 0. The predicted octanol–water partition coefficient (Wildman–Crippen LogP) is 5.05. The summed E-state index contributed by atoms with van der Waals surface area (Å²) in [5.74, 6) is -0.317. The zero-order chi connectivity index (χ0) is 14.8. The highest BCUT2D eigenvalue weighted by Gasteiger charge is 2.32. The van der Waals surface area contributed by atoms with Gasteiger partial charge in [0, 0.05) is 11.5 Å².